The van der Waals surface area contributed by atoms with Crippen molar-refractivity contribution < 1.29 is 33.5 Å². The van der Waals surface area contributed by atoms with Crippen molar-refractivity contribution in [3.05, 3.63) is 35.9 Å². The van der Waals surface area contributed by atoms with Crippen LogP contribution >= 0.6 is 27.0 Å². The van der Waals surface area contributed by atoms with Gasteiger partial charge in [-0.15, -0.1) is 0 Å². The fourth-order valence-corrected chi connectivity index (χ4v) is 6.59. The maximum absolute atomic E-state index is 11.8. The van der Waals surface area contributed by atoms with Crippen LogP contribution in [-0.2, 0) is 18.4 Å². The second kappa shape index (κ2) is 6.12. The van der Waals surface area contributed by atoms with Crippen LogP contribution in [0.2, 0.25) is 0 Å². The first-order valence-corrected chi connectivity index (χ1v) is 9.56. The molecule has 0 spiro atoms. The fourth-order valence-electron chi connectivity index (χ4n) is 1.72. The van der Waals surface area contributed by atoms with E-state index in [1.165, 1.54) is 24.3 Å². The highest BCUT2D eigenvalue weighted by Gasteiger charge is 2.54. The molecule has 1 aromatic carbocycles. The third-order valence-corrected chi connectivity index (χ3v) is 7.13. The summed E-state index contributed by atoms with van der Waals surface area (Å²) in [6.45, 7) is 1.08. The van der Waals surface area contributed by atoms with Crippen molar-refractivity contribution in [2.75, 3.05) is 6.16 Å². The van der Waals surface area contributed by atoms with Gasteiger partial charge in [-0.05, 0) is 5.56 Å². The third kappa shape index (κ3) is 4.27. The average molecular weight is 340 g/mol. The van der Waals surface area contributed by atoms with Crippen LogP contribution in [0.3, 0.4) is 0 Å². The summed E-state index contributed by atoms with van der Waals surface area (Å²) in [5, 5.41) is -0.648. The lowest BCUT2D eigenvalue weighted by Crippen LogP contribution is -2.28. The SMILES string of the molecule is CC(=O)SC(CP(=O)(O)O)(c1ccccc1)P(=O)(O)O. The molecule has 0 bridgehead atoms. The number of carbonyl (C=O) groups excluding carboxylic acids is 1. The van der Waals surface area contributed by atoms with E-state index in [-0.39, 0.29) is 17.3 Å². The Morgan fingerprint density at radius 2 is 1.65 bits per heavy atom. The molecule has 4 N–H and O–H groups in total. The standard InChI is InChI=1S/C10H14O7P2S/c1-8(11)20-10(19(15,16)17,7-18(12,13)14)9-5-3-2-4-6-9/h2-6H,7H2,1H3,(H2,12,13,14)(H2,15,16,17). The molecule has 0 radical (unpaired) electrons. The quantitative estimate of drug-likeness (QED) is 0.593. The largest absolute Gasteiger partial charge is 0.347 e. The molecule has 0 aliphatic rings. The van der Waals surface area contributed by atoms with Crippen LogP contribution in [0.1, 0.15) is 12.5 Å². The molecule has 1 rings (SSSR count). The Morgan fingerprint density at radius 3 is 2.00 bits per heavy atom. The summed E-state index contributed by atoms with van der Waals surface area (Å²) in [6.07, 6.45) is -1.13. The van der Waals surface area contributed by atoms with Gasteiger partial charge < -0.3 is 19.6 Å². The summed E-state index contributed by atoms with van der Waals surface area (Å²) in [5.41, 5.74) is -0.00291. The second-order valence-corrected chi connectivity index (χ2v) is 9.39. The highest BCUT2D eigenvalue weighted by Crippen LogP contribution is 2.67. The van der Waals surface area contributed by atoms with E-state index in [2.05, 4.69) is 0 Å². The van der Waals surface area contributed by atoms with Crippen LogP contribution in [0.5, 0.6) is 0 Å². The predicted molar refractivity (Wildman–Crippen MR) is 75.3 cm³/mol. The van der Waals surface area contributed by atoms with Gasteiger partial charge in [0, 0.05) is 6.92 Å². The first kappa shape index (κ1) is 17.6. The molecule has 20 heavy (non-hydrogen) atoms. The Bertz CT molecular complexity index is 579. The minimum Gasteiger partial charge on any atom is -0.324 e. The van der Waals surface area contributed by atoms with Crippen molar-refractivity contribution >= 4 is 32.1 Å². The number of carbonyl (C=O) groups is 1. The van der Waals surface area contributed by atoms with E-state index in [1.807, 2.05) is 0 Å². The van der Waals surface area contributed by atoms with Gasteiger partial charge in [0.1, 0.15) is 0 Å². The zero-order valence-electron chi connectivity index (χ0n) is 10.4. The molecule has 10 heteroatoms. The van der Waals surface area contributed by atoms with Crippen molar-refractivity contribution in [3.8, 4) is 0 Å². The molecule has 0 aromatic heterocycles. The normalized spacial score (nSPS) is 15.7. The lowest BCUT2D eigenvalue weighted by atomic mass is 10.1. The number of benzene rings is 1. The zero-order chi connectivity index (χ0) is 15.6. The van der Waals surface area contributed by atoms with E-state index in [0.29, 0.717) is 0 Å². The molecule has 7 nitrogen and oxygen atoms in total. The minimum atomic E-state index is -5.03. The number of thioether (sulfide) groups is 1. The second-order valence-electron chi connectivity index (χ2n) is 4.11. The van der Waals surface area contributed by atoms with Crippen molar-refractivity contribution in [3.63, 3.8) is 0 Å². The molecule has 1 atom stereocenters. The highest BCUT2D eigenvalue weighted by atomic mass is 32.2. The van der Waals surface area contributed by atoms with Crippen molar-refractivity contribution in [2.45, 2.75) is 11.4 Å². The first-order chi connectivity index (χ1) is 8.98. The molecule has 0 fully saturated rings. The van der Waals surface area contributed by atoms with E-state index in [1.54, 1.807) is 6.07 Å². The Kier molecular flexibility index (Phi) is 5.38. The third-order valence-electron chi connectivity index (χ3n) is 2.43. The van der Waals surface area contributed by atoms with E-state index >= 15 is 0 Å². The maximum Gasteiger partial charge on any atom is 0.347 e. The van der Waals surface area contributed by atoms with E-state index in [9.17, 15) is 23.7 Å². The highest BCUT2D eigenvalue weighted by molar-refractivity contribution is 8.18. The van der Waals surface area contributed by atoms with Gasteiger partial charge in [0.25, 0.3) is 0 Å². The Morgan fingerprint density at radius 1 is 1.15 bits per heavy atom. The van der Waals surface area contributed by atoms with Gasteiger partial charge in [-0.1, -0.05) is 42.1 Å². The van der Waals surface area contributed by atoms with Crippen LogP contribution in [-0.4, -0.2) is 30.9 Å². The van der Waals surface area contributed by atoms with Gasteiger partial charge in [-0.3, -0.25) is 13.9 Å². The van der Waals surface area contributed by atoms with E-state index < -0.39 is 31.0 Å². The molecule has 0 heterocycles. The molecule has 1 unspecified atom stereocenters. The summed E-state index contributed by atoms with van der Waals surface area (Å²) in [6, 6.07) is 7.18. The Hall–Kier alpha value is -0.460. The molecule has 0 saturated heterocycles. The lowest BCUT2D eigenvalue weighted by Gasteiger charge is -2.33. The number of hydrogen-bond donors (Lipinski definition) is 4. The first-order valence-electron chi connectivity index (χ1n) is 5.33. The monoisotopic (exact) mass is 340 g/mol. The summed E-state index contributed by atoms with van der Waals surface area (Å²) >= 11 is 0.240. The van der Waals surface area contributed by atoms with E-state index in [4.69, 9.17) is 9.79 Å². The van der Waals surface area contributed by atoms with Gasteiger partial charge in [-0.2, -0.15) is 0 Å². The van der Waals surface area contributed by atoms with Crippen LogP contribution < -0.4 is 0 Å². The van der Waals surface area contributed by atoms with Crippen LogP contribution in [0.15, 0.2) is 30.3 Å². The average Bonchev–Trinajstić information content (AvgIpc) is 2.25. The molecule has 0 aliphatic carbocycles. The van der Waals surface area contributed by atoms with Gasteiger partial charge in [-0.25, -0.2) is 0 Å². The van der Waals surface area contributed by atoms with Crippen LogP contribution in [0.4, 0.5) is 0 Å². The number of rotatable bonds is 5. The van der Waals surface area contributed by atoms with Gasteiger partial charge in [0.15, 0.2) is 9.60 Å². The fraction of sp³-hybridized carbons (Fsp3) is 0.300. The summed E-state index contributed by atoms with van der Waals surface area (Å²) < 4.78 is 20.8. The topological polar surface area (TPSA) is 132 Å². The predicted octanol–water partition coefficient (Wildman–Crippen LogP) is 1.47. The minimum absolute atomic E-state index is 0.00291. The van der Waals surface area contributed by atoms with Crippen LogP contribution in [0.25, 0.3) is 0 Å². The molecule has 0 amide bonds. The van der Waals surface area contributed by atoms with E-state index in [0.717, 1.165) is 6.92 Å². The summed E-state index contributed by atoms with van der Waals surface area (Å²) in [7, 11) is -9.80. The van der Waals surface area contributed by atoms with Gasteiger partial charge in [0.05, 0.1) is 6.16 Å². The molecule has 0 aliphatic heterocycles. The number of hydrogen-bond acceptors (Lipinski definition) is 4. The van der Waals surface area contributed by atoms with Crippen molar-refractivity contribution in [2.24, 2.45) is 0 Å². The zero-order valence-corrected chi connectivity index (χ0v) is 13.0. The molecular weight excluding hydrogens is 326 g/mol. The van der Waals surface area contributed by atoms with Crippen molar-refractivity contribution in [1.82, 2.24) is 0 Å². The molecule has 1 aromatic rings. The molecule has 112 valence electrons. The smallest absolute Gasteiger partial charge is 0.324 e. The summed E-state index contributed by atoms with van der Waals surface area (Å²) in [5.74, 6) is 0. The van der Waals surface area contributed by atoms with Crippen molar-refractivity contribution in [1.29, 1.82) is 0 Å². The molecule has 0 saturated carbocycles. The lowest BCUT2D eigenvalue weighted by molar-refractivity contribution is -0.109. The molecular formula is C10H14O7P2S. The van der Waals surface area contributed by atoms with Crippen LogP contribution in [0, 0.1) is 0 Å². The van der Waals surface area contributed by atoms with Gasteiger partial charge >= 0.3 is 15.2 Å². The Balaban J connectivity index is 3.54. The Labute approximate surface area is 119 Å². The maximum atomic E-state index is 11.8. The summed E-state index contributed by atoms with van der Waals surface area (Å²) in [4.78, 5) is 48.8. The van der Waals surface area contributed by atoms with Gasteiger partial charge in [0.2, 0.25) is 0 Å².